The van der Waals surface area contributed by atoms with E-state index >= 15 is 0 Å². The van der Waals surface area contributed by atoms with Crippen LogP contribution < -0.4 is 15.4 Å². The molecule has 3 aromatic rings. The molecule has 5 amide bonds. The standard InChI is InChI=1S/C43H45ClN6O6/c1-42(2)40(43(3,4)41(42)56-29-11-9-25(18-45)32(44)17-29)48-36(52)26-10-12-33(46-19-26)24-7-5-23(6-8-24)20-49-21-27-15-30-31(16-28(27)22-49)39(55)50(38(30)54)34-13-14-35(51)47-37(34)53/h9-12,15-17,19,23-24,34,40-41H,5-8,13-14,20-22H2,1-4H3,(H,48,52)(H,47,51,53). The van der Waals surface area contributed by atoms with Gasteiger partial charge in [0.15, 0.2) is 0 Å². The van der Waals surface area contributed by atoms with Crippen molar-refractivity contribution < 1.29 is 28.7 Å². The van der Waals surface area contributed by atoms with E-state index in [9.17, 15) is 29.2 Å². The second kappa shape index (κ2) is 14.1. The smallest absolute Gasteiger partial charge is 0.262 e. The lowest BCUT2D eigenvalue weighted by Crippen LogP contribution is -2.74. The van der Waals surface area contributed by atoms with Crippen LogP contribution in [-0.2, 0) is 22.7 Å². The van der Waals surface area contributed by atoms with Crippen LogP contribution in [-0.4, -0.2) is 69.1 Å². The van der Waals surface area contributed by atoms with Gasteiger partial charge in [0.1, 0.15) is 24.0 Å². The topological polar surface area (TPSA) is 162 Å². The molecule has 2 aliphatic carbocycles. The lowest BCUT2D eigenvalue weighted by molar-refractivity contribution is -0.164. The number of imide groups is 2. The van der Waals surface area contributed by atoms with Gasteiger partial charge in [-0.05, 0) is 85.5 Å². The van der Waals surface area contributed by atoms with Crippen molar-refractivity contribution in [3.05, 3.63) is 92.8 Å². The number of fused-ring (bicyclic) bond motifs is 2. The van der Waals surface area contributed by atoms with Crippen LogP contribution in [0.25, 0.3) is 0 Å². The third-order valence-corrected chi connectivity index (χ3v) is 13.1. The van der Waals surface area contributed by atoms with Crippen LogP contribution in [0.2, 0.25) is 5.02 Å². The summed E-state index contributed by atoms with van der Waals surface area (Å²) in [7, 11) is 0. The average molecular weight is 777 g/mol. The Labute approximate surface area is 330 Å². The lowest BCUT2D eigenvalue weighted by Gasteiger charge is -2.63. The normalized spacial score (nSPS) is 26.5. The van der Waals surface area contributed by atoms with Gasteiger partial charge < -0.3 is 10.1 Å². The second-order valence-electron chi connectivity index (χ2n) is 17.3. The molecule has 5 aliphatic rings. The zero-order valence-electron chi connectivity index (χ0n) is 32.0. The number of hydrogen-bond donors (Lipinski definition) is 2. The summed E-state index contributed by atoms with van der Waals surface area (Å²) in [6.45, 7) is 10.6. The van der Waals surface area contributed by atoms with Crippen LogP contribution in [0, 0.1) is 28.1 Å². The van der Waals surface area contributed by atoms with E-state index in [-0.39, 0.29) is 41.7 Å². The summed E-state index contributed by atoms with van der Waals surface area (Å²) in [6, 6.07) is 13.5. The number of carbonyl (C=O) groups is 5. The highest BCUT2D eigenvalue weighted by Gasteiger charge is 2.64. The SMILES string of the molecule is CC1(C)C(NC(=O)c2ccc(C3CCC(CN4Cc5cc6c(cc5C4)C(=O)N(C4CCC(=O)NC4=O)C6=O)CC3)nc2)C(C)(C)C1Oc1ccc(C#N)c(Cl)c1. The van der Waals surface area contributed by atoms with Gasteiger partial charge in [0, 0.05) is 66.8 Å². The number of pyridine rings is 1. The predicted molar refractivity (Wildman–Crippen MR) is 206 cm³/mol. The maximum atomic E-state index is 13.5. The van der Waals surface area contributed by atoms with E-state index in [2.05, 4.69) is 49.3 Å². The summed E-state index contributed by atoms with van der Waals surface area (Å²) < 4.78 is 6.37. The van der Waals surface area contributed by atoms with E-state index in [4.69, 9.17) is 21.3 Å². The van der Waals surface area contributed by atoms with Gasteiger partial charge in [-0.15, -0.1) is 0 Å². The monoisotopic (exact) mass is 776 g/mol. The molecule has 1 unspecified atom stereocenters. The van der Waals surface area contributed by atoms with Crippen LogP contribution in [0.4, 0.5) is 0 Å². The molecule has 2 saturated carbocycles. The number of rotatable bonds is 8. The molecule has 3 fully saturated rings. The fraction of sp³-hybridized carbons (Fsp3) is 0.465. The first kappa shape index (κ1) is 37.8. The minimum atomic E-state index is -0.967. The molecule has 12 nitrogen and oxygen atoms in total. The van der Waals surface area contributed by atoms with Crippen molar-refractivity contribution >= 4 is 41.1 Å². The van der Waals surface area contributed by atoms with Crippen molar-refractivity contribution in [1.29, 1.82) is 5.26 Å². The first-order chi connectivity index (χ1) is 26.6. The van der Waals surface area contributed by atoms with Crippen LogP contribution >= 0.6 is 11.6 Å². The summed E-state index contributed by atoms with van der Waals surface area (Å²) in [6.07, 6.45) is 5.84. The van der Waals surface area contributed by atoms with Gasteiger partial charge in [0.25, 0.3) is 17.7 Å². The third-order valence-electron chi connectivity index (χ3n) is 12.8. The van der Waals surface area contributed by atoms with Crippen LogP contribution in [0.3, 0.4) is 0 Å². The van der Waals surface area contributed by atoms with Crippen molar-refractivity contribution in [2.75, 3.05) is 6.54 Å². The Kier molecular flexibility index (Phi) is 9.53. The fourth-order valence-corrected chi connectivity index (χ4v) is 10.4. The number of nitrogens with one attached hydrogen (secondary N) is 2. The van der Waals surface area contributed by atoms with Gasteiger partial charge in [-0.25, -0.2) is 0 Å². The Morgan fingerprint density at radius 2 is 1.61 bits per heavy atom. The number of carbonyl (C=O) groups excluding carboxylic acids is 5. The molecule has 56 heavy (non-hydrogen) atoms. The average Bonchev–Trinajstić information content (AvgIpc) is 3.67. The Morgan fingerprint density at radius 1 is 0.946 bits per heavy atom. The molecule has 0 radical (unpaired) electrons. The van der Waals surface area contributed by atoms with E-state index < -0.39 is 29.7 Å². The van der Waals surface area contributed by atoms with Gasteiger partial charge in [-0.2, -0.15) is 5.26 Å². The number of benzene rings is 2. The number of aromatic nitrogens is 1. The third kappa shape index (κ3) is 6.54. The summed E-state index contributed by atoms with van der Waals surface area (Å²) >= 11 is 6.24. The van der Waals surface area contributed by atoms with Gasteiger partial charge in [-0.3, -0.25) is 44.1 Å². The molecule has 0 spiro atoms. The van der Waals surface area contributed by atoms with Crippen molar-refractivity contribution in [3.8, 4) is 11.8 Å². The first-order valence-electron chi connectivity index (χ1n) is 19.4. The minimum Gasteiger partial charge on any atom is -0.489 e. The summed E-state index contributed by atoms with van der Waals surface area (Å²) in [5.74, 6) is -0.687. The molecular formula is C43H45ClN6O6. The van der Waals surface area contributed by atoms with E-state index in [1.807, 2.05) is 24.3 Å². The molecule has 1 aromatic heterocycles. The molecular weight excluding hydrogens is 732 g/mol. The second-order valence-corrected chi connectivity index (χ2v) is 17.7. The summed E-state index contributed by atoms with van der Waals surface area (Å²) in [5, 5.41) is 15.0. The van der Waals surface area contributed by atoms with Crippen molar-refractivity contribution in [3.63, 3.8) is 0 Å². The van der Waals surface area contributed by atoms with E-state index in [1.54, 1.807) is 24.4 Å². The number of piperidine rings is 1. The highest BCUT2D eigenvalue weighted by molar-refractivity contribution is 6.31. The molecule has 13 heteroatoms. The zero-order valence-corrected chi connectivity index (χ0v) is 32.7. The highest BCUT2D eigenvalue weighted by Crippen LogP contribution is 2.55. The number of ether oxygens (including phenoxy) is 1. The molecule has 3 aliphatic heterocycles. The van der Waals surface area contributed by atoms with E-state index in [0.29, 0.717) is 58.0 Å². The van der Waals surface area contributed by atoms with Gasteiger partial charge >= 0.3 is 0 Å². The molecule has 1 atom stereocenters. The van der Waals surface area contributed by atoms with Crippen LogP contribution in [0.15, 0.2) is 48.7 Å². The predicted octanol–water partition coefficient (Wildman–Crippen LogP) is 5.91. The van der Waals surface area contributed by atoms with E-state index in [0.717, 1.165) is 53.9 Å². The number of hydrogen-bond acceptors (Lipinski definition) is 9. The summed E-state index contributed by atoms with van der Waals surface area (Å²) in [5.41, 5.74) is 3.89. The fourth-order valence-electron chi connectivity index (χ4n) is 10.2. The molecule has 2 aromatic carbocycles. The van der Waals surface area contributed by atoms with Crippen molar-refractivity contribution in [2.24, 2.45) is 16.7 Å². The van der Waals surface area contributed by atoms with Gasteiger partial charge in [0.05, 0.1) is 27.3 Å². The quantitative estimate of drug-likeness (QED) is 0.265. The Bertz CT molecular complexity index is 2140. The van der Waals surface area contributed by atoms with Gasteiger partial charge in [-0.1, -0.05) is 39.3 Å². The van der Waals surface area contributed by atoms with Crippen molar-refractivity contribution in [1.82, 2.24) is 25.4 Å². The molecule has 8 rings (SSSR count). The van der Waals surface area contributed by atoms with Crippen molar-refractivity contribution in [2.45, 2.75) is 103 Å². The minimum absolute atomic E-state index is 0.0932. The Balaban J connectivity index is 0.822. The van der Waals surface area contributed by atoms with E-state index in [1.165, 1.54) is 0 Å². The zero-order chi connectivity index (χ0) is 39.7. The first-order valence-corrected chi connectivity index (χ1v) is 19.8. The Hall–Kier alpha value is -5.12. The number of nitriles is 1. The molecule has 0 bridgehead atoms. The maximum absolute atomic E-state index is 13.5. The maximum Gasteiger partial charge on any atom is 0.262 e. The largest absolute Gasteiger partial charge is 0.489 e. The van der Waals surface area contributed by atoms with Crippen LogP contribution in [0.5, 0.6) is 5.75 Å². The molecule has 290 valence electrons. The number of halogens is 1. The van der Waals surface area contributed by atoms with Gasteiger partial charge in [0.2, 0.25) is 11.8 Å². The number of nitrogens with zero attached hydrogens (tertiary/aromatic N) is 4. The molecule has 4 heterocycles. The molecule has 1 saturated heterocycles. The summed E-state index contributed by atoms with van der Waals surface area (Å²) in [4.78, 5) is 72.3. The number of amides is 5. The van der Waals surface area contributed by atoms with Crippen LogP contribution in [0.1, 0.15) is 126 Å². The highest BCUT2D eigenvalue weighted by atomic mass is 35.5. The molecule has 2 N–H and O–H groups in total. The Morgan fingerprint density at radius 3 is 2.18 bits per heavy atom. The lowest BCUT2D eigenvalue weighted by atomic mass is 9.49.